The van der Waals surface area contributed by atoms with E-state index < -0.39 is 0 Å². The lowest BCUT2D eigenvalue weighted by atomic mass is 10.3. The molecule has 0 amide bonds. The van der Waals surface area contributed by atoms with Crippen LogP contribution >= 0.6 is 11.8 Å². The fourth-order valence-corrected chi connectivity index (χ4v) is 3.10. The summed E-state index contributed by atoms with van der Waals surface area (Å²) in [5.41, 5.74) is 0. The smallest absolute Gasteiger partial charge is 0.305 e. The molecule has 1 fully saturated rings. The predicted octanol–water partition coefficient (Wildman–Crippen LogP) is 1.80. The van der Waals surface area contributed by atoms with Crippen molar-refractivity contribution < 1.29 is 9.53 Å². The van der Waals surface area contributed by atoms with Crippen molar-refractivity contribution in [3.63, 3.8) is 0 Å². The molecule has 1 aliphatic carbocycles. The van der Waals surface area contributed by atoms with Crippen molar-refractivity contribution in [2.75, 3.05) is 19.7 Å². The van der Waals surface area contributed by atoms with Crippen molar-refractivity contribution >= 4 is 22.9 Å². The first-order valence-electron chi connectivity index (χ1n) is 6.40. The van der Waals surface area contributed by atoms with Crippen LogP contribution in [-0.4, -0.2) is 36.1 Å². The molecule has 0 aromatic rings. The van der Waals surface area contributed by atoms with Crippen LogP contribution in [0.5, 0.6) is 0 Å². The van der Waals surface area contributed by atoms with E-state index in [0.717, 1.165) is 30.6 Å². The van der Waals surface area contributed by atoms with Crippen molar-refractivity contribution in [1.29, 1.82) is 0 Å². The summed E-state index contributed by atoms with van der Waals surface area (Å²) in [6, 6.07) is 0. The van der Waals surface area contributed by atoms with E-state index in [1.165, 1.54) is 12.8 Å². The van der Waals surface area contributed by atoms with Crippen LogP contribution in [0.2, 0.25) is 0 Å². The van der Waals surface area contributed by atoms with Gasteiger partial charge in [0.2, 0.25) is 0 Å². The molecule has 0 radical (unpaired) electrons. The standard InChI is InChI=1S/C12H20N2O2S/c1-2-16-11(15)4-3-7-13-12-14-8-10(17-12)9-5-6-9/h9-10H,2-8H2,1H3,(H,13,14). The third-order valence-electron chi connectivity index (χ3n) is 2.96. The van der Waals surface area contributed by atoms with E-state index >= 15 is 0 Å². The summed E-state index contributed by atoms with van der Waals surface area (Å²) in [5.74, 6) is 0.800. The maximum atomic E-state index is 11.1. The molecule has 1 N–H and O–H groups in total. The highest BCUT2D eigenvalue weighted by molar-refractivity contribution is 8.14. The Bertz CT molecular complexity index is 303. The average Bonchev–Trinajstić information content (AvgIpc) is 3.06. The van der Waals surface area contributed by atoms with E-state index in [1.54, 1.807) is 0 Å². The van der Waals surface area contributed by atoms with Gasteiger partial charge in [0, 0.05) is 18.2 Å². The monoisotopic (exact) mass is 256 g/mol. The first-order chi connectivity index (χ1) is 8.29. The first-order valence-corrected chi connectivity index (χ1v) is 7.28. The molecule has 5 heteroatoms. The van der Waals surface area contributed by atoms with Gasteiger partial charge in [-0.05, 0) is 32.1 Å². The summed E-state index contributed by atoms with van der Waals surface area (Å²) >= 11 is 1.87. The molecule has 0 aromatic heterocycles. The van der Waals surface area contributed by atoms with E-state index in [1.807, 2.05) is 18.7 Å². The number of hydrogen-bond acceptors (Lipinski definition) is 5. The second-order valence-corrected chi connectivity index (χ2v) is 5.70. The Morgan fingerprint density at radius 3 is 3.12 bits per heavy atom. The third kappa shape index (κ3) is 4.22. The number of ether oxygens (including phenoxy) is 1. The number of carbonyl (C=O) groups excluding carboxylic acids is 1. The molecular weight excluding hydrogens is 236 g/mol. The van der Waals surface area contributed by atoms with Crippen LogP contribution in [0, 0.1) is 5.92 Å². The van der Waals surface area contributed by atoms with Gasteiger partial charge in [-0.3, -0.25) is 9.79 Å². The minimum Gasteiger partial charge on any atom is -0.466 e. The van der Waals surface area contributed by atoms with Gasteiger partial charge in [0.1, 0.15) is 0 Å². The van der Waals surface area contributed by atoms with Crippen molar-refractivity contribution in [3.8, 4) is 0 Å². The van der Waals surface area contributed by atoms with Crippen LogP contribution in [0.25, 0.3) is 0 Å². The van der Waals surface area contributed by atoms with E-state index in [0.29, 0.717) is 18.3 Å². The normalized spacial score (nSPS) is 23.4. The number of nitrogens with one attached hydrogen (secondary N) is 1. The molecule has 1 atom stereocenters. The fraction of sp³-hybridized carbons (Fsp3) is 0.833. The summed E-state index contributed by atoms with van der Waals surface area (Å²) < 4.78 is 4.87. The van der Waals surface area contributed by atoms with Gasteiger partial charge in [0.25, 0.3) is 0 Å². The maximum Gasteiger partial charge on any atom is 0.305 e. The summed E-state index contributed by atoms with van der Waals surface area (Å²) in [6.07, 6.45) is 4.06. The van der Waals surface area contributed by atoms with Gasteiger partial charge < -0.3 is 10.1 Å². The molecule has 1 unspecified atom stereocenters. The van der Waals surface area contributed by atoms with Crippen LogP contribution < -0.4 is 5.32 Å². The van der Waals surface area contributed by atoms with Gasteiger partial charge in [-0.1, -0.05) is 11.8 Å². The van der Waals surface area contributed by atoms with Crippen molar-refractivity contribution in [2.45, 2.75) is 37.9 Å². The molecular formula is C12H20N2O2S. The summed E-state index contributed by atoms with van der Waals surface area (Å²) in [4.78, 5) is 15.6. The molecule has 2 aliphatic rings. The molecule has 17 heavy (non-hydrogen) atoms. The van der Waals surface area contributed by atoms with Crippen LogP contribution in [-0.2, 0) is 9.53 Å². The fourth-order valence-electron chi connectivity index (χ4n) is 1.86. The molecule has 1 saturated carbocycles. The number of nitrogens with zero attached hydrogens (tertiary/aromatic N) is 1. The topological polar surface area (TPSA) is 50.7 Å². The van der Waals surface area contributed by atoms with Crippen LogP contribution in [0.4, 0.5) is 0 Å². The lowest BCUT2D eigenvalue weighted by molar-refractivity contribution is -0.143. The highest BCUT2D eigenvalue weighted by atomic mass is 32.2. The Morgan fingerprint density at radius 1 is 1.59 bits per heavy atom. The van der Waals surface area contributed by atoms with Crippen LogP contribution in [0.1, 0.15) is 32.6 Å². The molecule has 2 rings (SSSR count). The molecule has 0 saturated heterocycles. The van der Waals surface area contributed by atoms with Gasteiger partial charge in [-0.25, -0.2) is 0 Å². The number of aliphatic imine (C=N–C) groups is 1. The molecule has 96 valence electrons. The van der Waals surface area contributed by atoms with Crippen LogP contribution in [0.15, 0.2) is 4.99 Å². The van der Waals surface area contributed by atoms with Crippen LogP contribution in [0.3, 0.4) is 0 Å². The molecule has 0 spiro atoms. The quantitative estimate of drug-likeness (QED) is 0.581. The Labute approximate surface area is 107 Å². The molecule has 4 nitrogen and oxygen atoms in total. The molecule has 0 bridgehead atoms. The second-order valence-electron chi connectivity index (χ2n) is 4.47. The Hall–Kier alpha value is -0.710. The largest absolute Gasteiger partial charge is 0.466 e. The zero-order valence-electron chi connectivity index (χ0n) is 10.3. The molecule has 0 aromatic carbocycles. The Morgan fingerprint density at radius 2 is 2.41 bits per heavy atom. The van der Waals surface area contributed by atoms with Gasteiger partial charge in [-0.15, -0.1) is 0 Å². The first kappa shape index (κ1) is 12.7. The van der Waals surface area contributed by atoms with E-state index in [2.05, 4.69) is 10.3 Å². The third-order valence-corrected chi connectivity index (χ3v) is 4.30. The molecule has 1 aliphatic heterocycles. The number of esters is 1. The van der Waals surface area contributed by atoms with E-state index in [4.69, 9.17) is 4.74 Å². The Balaban J connectivity index is 1.52. The minimum atomic E-state index is -0.105. The highest BCUT2D eigenvalue weighted by Crippen LogP contribution is 2.41. The van der Waals surface area contributed by atoms with E-state index in [9.17, 15) is 4.79 Å². The molecule has 1 heterocycles. The second kappa shape index (κ2) is 6.28. The number of thioether (sulfide) groups is 1. The van der Waals surface area contributed by atoms with Gasteiger partial charge >= 0.3 is 5.97 Å². The summed E-state index contributed by atoms with van der Waals surface area (Å²) in [7, 11) is 0. The number of carbonyl (C=O) groups is 1. The average molecular weight is 256 g/mol. The number of amidine groups is 1. The minimum absolute atomic E-state index is 0.105. The Kier molecular flexibility index (Phi) is 4.71. The number of rotatable bonds is 6. The SMILES string of the molecule is CCOC(=O)CCCNC1=NCC(C2CC2)S1. The van der Waals surface area contributed by atoms with Gasteiger partial charge in [-0.2, -0.15) is 0 Å². The van der Waals surface area contributed by atoms with Gasteiger partial charge in [0.15, 0.2) is 5.17 Å². The lowest BCUT2D eigenvalue weighted by Gasteiger charge is -2.07. The zero-order valence-corrected chi connectivity index (χ0v) is 11.1. The van der Waals surface area contributed by atoms with Gasteiger partial charge in [0.05, 0.1) is 13.2 Å². The highest BCUT2D eigenvalue weighted by Gasteiger charge is 2.35. The van der Waals surface area contributed by atoms with Crippen molar-refractivity contribution in [1.82, 2.24) is 5.32 Å². The van der Waals surface area contributed by atoms with E-state index in [-0.39, 0.29) is 5.97 Å². The summed E-state index contributed by atoms with van der Waals surface area (Å²) in [6.45, 7) is 4.08. The summed E-state index contributed by atoms with van der Waals surface area (Å²) in [5, 5.41) is 5.07. The predicted molar refractivity (Wildman–Crippen MR) is 70.3 cm³/mol. The maximum absolute atomic E-state index is 11.1. The zero-order chi connectivity index (χ0) is 12.1. The van der Waals surface area contributed by atoms with Crippen molar-refractivity contribution in [2.24, 2.45) is 10.9 Å². The lowest BCUT2D eigenvalue weighted by Crippen LogP contribution is -2.21. The van der Waals surface area contributed by atoms with Crippen molar-refractivity contribution in [3.05, 3.63) is 0 Å². The number of hydrogen-bond donors (Lipinski definition) is 1.